The normalized spacial score (nSPS) is 26.3. The SMILES string of the molecule is COC(=O)C1(C)N=CN(CC2CC2)C1c1cc2ccc(Cl)cc2[nH]1. The lowest BCUT2D eigenvalue weighted by atomic mass is 9.90. The first-order chi connectivity index (χ1) is 11.5. The maximum atomic E-state index is 12.4. The Morgan fingerprint density at radius 2 is 2.25 bits per heavy atom. The summed E-state index contributed by atoms with van der Waals surface area (Å²) in [4.78, 5) is 22.6. The van der Waals surface area contributed by atoms with Gasteiger partial charge in [0, 0.05) is 22.8 Å². The third-order valence-electron chi connectivity index (χ3n) is 5.00. The molecule has 2 aromatic rings. The number of hydrogen-bond donors (Lipinski definition) is 1. The summed E-state index contributed by atoms with van der Waals surface area (Å²) in [5.41, 5.74) is 0.968. The van der Waals surface area contributed by atoms with Crippen molar-refractivity contribution in [2.75, 3.05) is 13.7 Å². The second-order valence-electron chi connectivity index (χ2n) is 6.88. The Morgan fingerprint density at radius 3 is 2.96 bits per heavy atom. The molecule has 2 heterocycles. The molecule has 0 radical (unpaired) electrons. The molecule has 2 aliphatic rings. The number of nitrogens with one attached hydrogen (secondary N) is 1. The van der Waals surface area contributed by atoms with Crippen molar-refractivity contribution >= 4 is 34.8 Å². The Balaban J connectivity index is 1.77. The molecule has 0 bridgehead atoms. The van der Waals surface area contributed by atoms with Gasteiger partial charge in [0.15, 0.2) is 5.54 Å². The smallest absolute Gasteiger partial charge is 0.336 e. The van der Waals surface area contributed by atoms with Crippen molar-refractivity contribution in [2.45, 2.75) is 31.3 Å². The Kier molecular flexibility index (Phi) is 3.57. The third kappa shape index (κ3) is 2.47. The van der Waals surface area contributed by atoms with E-state index in [1.165, 1.54) is 20.0 Å². The zero-order valence-electron chi connectivity index (χ0n) is 13.8. The number of benzene rings is 1. The monoisotopic (exact) mass is 345 g/mol. The predicted octanol–water partition coefficient (Wildman–Crippen LogP) is 3.55. The summed E-state index contributed by atoms with van der Waals surface area (Å²) in [5, 5.41) is 1.75. The van der Waals surface area contributed by atoms with Crippen molar-refractivity contribution in [3.8, 4) is 0 Å². The number of hydrogen-bond acceptors (Lipinski definition) is 4. The van der Waals surface area contributed by atoms with Gasteiger partial charge in [-0.25, -0.2) is 4.79 Å². The van der Waals surface area contributed by atoms with Gasteiger partial charge in [-0.15, -0.1) is 0 Å². The molecule has 5 nitrogen and oxygen atoms in total. The highest BCUT2D eigenvalue weighted by atomic mass is 35.5. The first kappa shape index (κ1) is 15.5. The molecule has 0 amide bonds. The number of nitrogens with zero attached hydrogens (tertiary/aromatic N) is 2. The largest absolute Gasteiger partial charge is 0.467 e. The van der Waals surface area contributed by atoms with E-state index in [0.29, 0.717) is 10.9 Å². The molecule has 1 N–H and O–H groups in total. The van der Waals surface area contributed by atoms with Crippen LogP contribution in [0.1, 0.15) is 31.5 Å². The topological polar surface area (TPSA) is 57.7 Å². The fraction of sp³-hybridized carbons (Fsp3) is 0.444. The van der Waals surface area contributed by atoms with E-state index in [1.807, 2.05) is 25.1 Å². The minimum atomic E-state index is -0.950. The van der Waals surface area contributed by atoms with Gasteiger partial charge >= 0.3 is 5.97 Å². The molecule has 24 heavy (non-hydrogen) atoms. The number of ether oxygens (including phenoxy) is 1. The van der Waals surface area contributed by atoms with Gasteiger partial charge < -0.3 is 14.6 Å². The second kappa shape index (κ2) is 5.52. The van der Waals surface area contributed by atoms with Gasteiger partial charge in [-0.05, 0) is 49.3 Å². The van der Waals surface area contributed by atoms with Gasteiger partial charge in [-0.2, -0.15) is 0 Å². The van der Waals surface area contributed by atoms with E-state index in [1.54, 1.807) is 6.34 Å². The van der Waals surface area contributed by atoms with Crippen molar-refractivity contribution < 1.29 is 9.53 Å². The van der Waals surface area contributed by atoms with Crippen LogP contribution in [-0.4, -0.2) is 41.4 Å². The van der Waals surface area contributed by atoms with E-state index in [2.05, 4.69) is 20.9 Å². The number of rotatable bonds is 4. The predicted molar refractivity (Wildman–Crippen MR) is 94.4 cm³/mol. The van der Waals surface area contributed by atoms with E-state index >= 15 is 0 Å². The molecule has 4 rings (SSSR count). The van der Waals surface area contributed by atoms with E-state index in [4.69, 9.17) is 16.3 Å². The van der Waals surface area contributed by atoms with Crippen LogP contribution in [0.15, 0.2) is 29.3 Å². The van der Waals surface area contributed by atoms with Crippen LogP contribution in [0.5, 0.6) is 0 Å². The standard InChI is InChI=1S/C18H20ClN3O2/c1-18(17(23)24-2)16(22(10-20-18)9-11-3-4-11)15-7-12-5-6-13(19)8-14(12)21-15/h5-8,10-11,16,21H,3-4,9H2,1-2H3. The maximum absolute atomic E-state index is 12.4. The average Bonchev–Trinajstić information content (AvgIpc) is 3.18. The van der Waals surface area contributed by atoms with Gasteiger partial charge in [0.25, 0.3) is 0 Å². The summed E-state index contributed by atoms with van der Waals surface area (Å²) < 4.78 is 5.04. The molecule has 0 spiro atoms. The van der Waals surface area contributed by atoms with Gasteiger partial charge in [0.1, 0.15) is 6.04 Å². The third-order valence-corrected chi connectivity index (χ3v) is 5.24. The summed E-state index contributed by atoms with van der Waals surface area (Å²) in [5.74, 6) is 0.372. The summed E-state index contributed by atoms with van der Waals surface area (Å²) in [7, 11) is 1.41. The highest BCUT2D eigenvalue weighted by Gasteiger charge is 2.50. The fourth-order valence-electron chi connectivity index (χ4n) is 3.53. The lowest BCUT2D eigenvalue weighted by Gasteiger charge is -2.32. The van der Waals surface area contributed by atoms with Crippen molar-refractivity contribution in [2.24, 2.45) is 10.9 Å². The number of aromatic nitrogens is 1. The summed E-state index contributed by atoms with van der Waals surface area (Å²) in [6.07, 6.45) is 4.29. The highest BCUT2D eigenvalue weighted by Crippen LogP contribution is 2.42. The minimum absolute atomic E-state index is 0.197. The zero-order valence-corrected chi connectivity index (χ0v) is 14.5. The molecule has 126 valence electrons. The van der Waals surface area contributed by atoms with Crippen LogP contribution < -0.4 is 0 Å². The van der Waals surface area contributed by atoms with Gasteiger partial charge in [0.2, 0.25) is 0 Å². The molecule has 1 aliphatic heterocycles. The van der Waals surface area contributed by atoms with Gasteiger partial charge in [-0.3, -0.25) is 4.99 Å². The number of H-pyrrole nitrogens is 1. The van der Waals surface area contributed by atoms with E-state index < -0.39 is 5.54 Å². The average molecular weight is 346 g/mol. The second-order valence-corrected chi connectivity index (χ2v) is 7.32. The summed E-state index contributed by atoms with van der Waals surface area (Å²) >= 11 is 6.09. The van der Waals surface area contributed by atoms with E-state index in [0.717, 1.165) is 23.1 Å². The molecular formula is C18H20ClN3O2. The lowest BCUT2D eigenvalue weighted by molar-refractivity contribution is -0.147. The highest BCUT2D eigenvalue weighted by molar-refractivity contribution is 6.31. The zero-order chi connectivity index (χ0) is 16.9. The van der Waals surface area contributed by atoms with E-state index in [-0.39, 0.29) is 12.0 Å². The molecule has 6 heteroatoms. The molecule has 2 unspecified atom stereocenters. The molecule has 1 aromatic carbocycles. The molecule has 1 saturated carbocycles. The molecular weight excluding hydrogens is 326 g/mol. The lowest BCUT2D eigenvalue weighted by Crippen LogP contribution is -2.44. The summed E-state index contributed by atoms with van der Waals surface area (Å²) in [6.45, 7) is 2.75. The van der Waals surface area contributed by atoms with Gasteiger partial charge in [0.05, 0.1) is 13.4 Å². The van der Waals surface area contributed by atoms with Crippen LogP contribution in [0.25, 0.3) is 10.9 Å². The number of aliphatic imine (C=N–C) groups is 1. The number of carbonyl (C=O) groups is 1. The van der Waals surface area contributed by atoms with Crippen molar-refractivity contribution in [3.05, 3.63) is 35.0 Å². The van der Waals surface area contributed by atoms with Crippen molar-refractivity contribution in [1.29, 1.82) is 0 Å². The molecule has 1 fully saturated rings. The molecule has 0 saturated heterocycles. The van der Waals surface area contributed by atoms with Crippen LogP contribution in [0.4, 0.5) is 0 Å². The Morgan fingerprint density at radius 1 is 1.46 bits per heavy atom. The first-order valence-electron chi connectivity index (χ1n) is 8.19. The maximum Gasteiger partial charge on any atom is 0.336 e. The summed E-state index contributed by atoms with van der Waals surface area (Å²) in [6, 6.07) is 7.63. The van der Waals surface area contributed by atoms with Crippen molar-refractivity contribution in [3.63, 3.8) is 0 Å². The van der Waals surface area contributed by atoms with Gasteiger partial charge in [-0.1, -0.05) is 17.7 Å². The fourth-order valence-corrected chi connectivity index (χ4v) is 3.70. The van der Waals surface area contributed by atoms with E-state index in [9.17, 15) is 4.79 Å². The quantitative estimate of drug-likeness (QED) is 0.862. The molecule has 2 atom stereocenters. The molecule has 1 aliphatic carbocycles. The van der Waals surface area contributed by atoms with Crippen molar-refractivity contribution in [1.82, 2.24) is 9.88 Å². The van der Waals surface area contributed by atoms with Crippen LogP contribution in [-0.2, 0) is 9.53 Å². The van der Waals surface area contributed by atoms with Crippen LogP contribution >= 0.6 is 11.6 Å². The first-order valence-corrected chi connectivity index (χ1v) is 8.57. The number of esters is 1. The number of fused-ring (bicyclic) bond motifs is 1. The van der Waals surface area contributed by atoms with Crippen LogP contribution in [0.3, 0.4) is 0 Å². The Bertz CT molecular complexity index is 827. The Hall–Kier alpha value is -2.01. The van der Waals surface area contributed by atoms with Crippen LogP contribution in [0, 0.1) is 5.92 Å². The number of halogens is 1. The number of carbonyl (C=O) groups excluding carboxylic acids is 1. The van der Waals surface area contributed by atoms with Crippen LogP contribution in [0.2, 0.25) is 5.02 Å². The number of methoxy groups -OCH3 is 1. The minimum Gasteiger partial charge on any atom is -0.467 e. The number of aromatic amines is 1. The molecule has 1 aromatic heterocycles. The Labute approximate surface area is 145 Å².